The van der Waals surface area contributed by atoms with Crippen LogP contribution in [0.2, 0.25) is 0 Å². The summed E-state index contributed by atoms with van der Waals surface area (Å²) in [6, 6.07) is 0.430. The maximum Gasteiger partial charge on any atom is 0.241 e. The summed E-state index contributed by atoms with van der Waals surface area (Å²) >= 11 is 0. The molecule has 1 rings (SSSR count). The molecule has 1 aliphatic rings. The third kappa shape index (κ3) is 3.01. The first-order chi connectivity index (χ1) is 8.06. The standard InChI is InChI=1S/C14H28N2O/c1-6-9-11-14(17)16(13(8-3)15-11)12(7-2)10(4)5/h10-13,15H,6-9H2,1-5H3. The van der Waals surface area contributed by atoms with Gasteiger partial charge >= 0.3 is 0 Å². The van der Waals surface area contributed by atoms with Crippen LogP contribution >= 0.6 is 0 Å². The highest BCUT2D eigenvalue weighted by atomic mass is 16.2. The van der Waals surface area contributed by atoms with Crippen LogP contribution in [-0.4, -0.2) is 29.1 Å². The van der Waals surface area contributed by atoms with Crippen LogP contribution in [0.15, 0.2) is 0 Å². The molecule has 0 radical (unpaired) electrons. The molecule has 0 aromatic carbocycles. The van der Waals surface area contributed by atoms with Crippen molar-refractivity contribution in [1.82, 2.24) is 10.2 Å². The van der Waals surface area contributed by atoms with Gasteiger partial charge in [-0.15, -0.1) is 0 Å². The Kier molecular flexibility index (Phi) is 5.44. The van der Waals surface area contributed by atoms with Gasteiger partial charge in [0.05, 0.1) is 12.2 Å². The SMILES string of the molecule is CCCC1NC(CC)N(C(CC)C(C)C)C1=O. The van der Waals surface area contributed by atoms with Crippen molar-refractivity contribution in [2.24, 2.45) is 5.92 Å². The molecule has 1 fully saturated rings. The number of hydrogen-bond acceptors (Lipinski definition) is 2. The van der Waals surface area contributed by atoms with Gasteiger partial charge in [-0.25, -0.2) is 0 Å². The minimum atomic E-state index is 0.0535. The summed E-state index contributed by atoms with van der Waals surface area (Å²) in [4.78, 5) is 14.5. The fourth-order valence-corrected chi connectivity index (χ4v) is 2.91. The zero-order valence-electron chi connectivity index (χ0n) is 12.0. The van der Waals surface area contributed by atoms with E-state index in [1.807, 2.05) is 0 Å². The molecule has 1 saturated heterocycles. The summed E-state index contributed by atoms with van der Waals surface area (Å²) in [5.41, 5.74) is 0. The molecule has 3 nitrogen and oxygen atoms in total. The Morgan fingerprint density at radius 1 is 1.29 bits per heavy atom. The molecule has 0 saturated carbocycles. The Hall–Kier alpha value is -0.570. The van der Waals surface area contributed by atoms with Gasteiger partial charge in [0.15, 0.2) is 0 Å². The minimum absolute atomic E-state index is 0.0535. The van der Waals surface area contributed by atoms with Gasteiger partial charge in [0.1, 0.15) is 0 Å². The van der Waals surface area contributed by atoms with E-state index in [0.29, 0.717) is 17.9 Å². The van der Waals surface area contributed by atoms with Gasteiger partial charge in [0.25, 0.3) is 0 Å². The van der Waals surface area contributed by atoms with Crippen LogP contribution in [-0.2, 0) is 4.79 Å². The zero-order valence-corrected chi connectivity index (χ0v) is 12.0. The first-order valence-electron chi connectivity index (χ1n) is 7.14. The average molecular weight is 240 g/mol. The van der Waals surface area contributed by atoms with E-state index in [2.05, 4.69) is 44.8 Å². The Morgan fingerprint density at radius 2 is 1.94 bits per heavy atom. The second-order valence-electron chi connectivity index (χ2n) is 5.40. The van der Waals surface area contributed by atoms with E-state index < -0.39 is 0 Å². The largest absolute Gasteiger partial charge is 0.323 e. The second-order valence-corrected chi connectivity index (χ2v) is 5.40. The van der Waals surface area contributed by atoms with Crippen molar-refractivity contribution in [3.05, 3.63) is 0 Å². The van der Waals surface area contributed by atoms with Gasteiger partial charge in [0, 0.05) is 6.04 Å². The van der Waals surface area contributed by atoms with Crippen LogP contribution in [0, 0.1) is 5.92 Å². The fourth-order valence-electron chi connectivity index (χ4n) is 2.91. The van der Waals surface area contributed by atoms with E-state index in [-0.39, 0.29) is 12.2 Å². The van der Waals surface area contributed by atoms with Gasteiger partial charge in [-0.1, -0.05) is 41.0 Å². The summed E-state index contributed by atoms with van der Waals surface area (Å²) in [6.07, 6.45) is 4.30. The number of nitrogens with one attached hydrogen (secondary N) is 1. The van der Waals surface area contributed by atoms with Crippen molar-refractivity contribution in [2.75, 3.05) is 0 Å². The van der Waals surface area contributed by atoms with E-state index in [0.717, 1.165) is 25.7 Å². The Balaban J connectivity index is 2.83. The Morgan fingerprint density at radius 3 is 2.35 bits per heavy atom. The second kappa shape index (κ2) is 6.39. The Labute approximate surface area is 106 Å². The molecule has 3 atom stereocenters. The topological polar surface area (TPSA) is 32.3 Å². The van der Waals surface area contributed by atoms with Crippen molar-refractivity contribution in [3.63, 3.8) is 0 Å². The molecule has 0 bridgehead atoms. The van der Waals surface area contributed by atoms with E-state index in [1.54, 1.807) is 0 Å². The number of rotatable bonds is 6. The van der Waals surface area contributed by atoms with Crippen molar-refractivity contribution < 1.29 is 4.79 Å². The van der Waals surface area contributed by atoms with Crippen molar-refractivity contribution in [2.45, 2.75) is 78.6 Å². The lowest BCUT2D eigenvalue weighted by molar-refractivity contribution is -0.133. The molecule has 0 aliphatic carbocycles. The smallest absolute Gasteiger partial charge is 0.241 e. The molecule has 0 spiro atoms. The number of carbonyl (C=O) groups excluding carboxylic acids is 1. The van der Waals surface area contributed by atoms with Crippen LogP contribution in [0.5, 0.6) is 0 Å². The Bertz CT molecular complexity index is 253. The van der Waals surface area contributed by atoms with Crippen LogP contribution in [0.4, 0.5) is 0 Å². The first-order valence-corrected chi connectivity index (χ1v) is 7.14. The quantitative estimate of drug-likeness (QED) is 0.774. The molecule has 1 amide bonds. The van der Waals surface area contributed by atoms with E-state index >= 15 is 0 Å². The lowest BCUT2D eigenvalue weighted by atomic mass is 9.99. The third-order valence-electron chi connectivity index (χ3n) is 3.79. The third-order valence-corrected chi connectivity index (χ3v) is 3.79. The molecule has 17 heavy (non-hydrogen) atoms. The van der Waals surface area contributed by atoms with Gasteiger partial charge < -0.3 is 4.90 Å². The molecular formula is C14H28N2O. The van der Waals surface area contributed by atoms with Gasteiger partial charge in [-0.05, 0) is 25.2 Å². The van der Waals surface area contributed by atoms with Gasteiger partial charge in [-0.3, -0.25) is 10.1 Å². The highest BCUT2D eigenvalue weighted by molar-refractivity contribution is 5.84. The molecular weight excluding hydrogens is 212 g/mol. The molecule has 1 N–H and O–H groups in total. The highest BCUT2D eigenvalue weighted by Gasteiger charge is 2.41. The average Bonchev–Trinajstić information content (AvgIpc) is 2.59. The lowest BCUT2D eigenvalue weighted by Crippen LogP contribution is -2.46. The molecule has 0 aromatic heterocycles. The molecule has 1 aliphatic heterocycles. The van der Waals surface area contributed by atoms with E-state index in [4.69, 9.17) is 0 Å². The lowest BCUT2D eigenvalue weighted by Gasteiger charge is -2.34. The maximum atomic E-state index is 12.4. The predicted molar refractivity (Wildman–Crippen MR) is 71.7 cm³/mol. The minimum Gasteiger partial charge on any atom is -0.323 e. The number of hydrogen-bond donors (Lipinski definition) is 1. The van der Waals surface area contributed by atoms with Crippen molar-refractivity contribution >= 4 is 5.91 Å². The number of nitrogens with zero attached hydrogens (tertiary/aromatic N) is 1. The predicted octanol–water partition coefficient (Wildman–Crippen LogP) is 2.76. The molecule has 3 unspecified atom stereocenters. The van der Waals surface area contributed by atoms with E-state index in [1.165, 1.54) is 0 Å². The van der Waals surface area contributed by atoms with Crippen LogP contribution in [0.3, 0.4) is 0 Å². The molecule has 1 heterocycles. The summed E-state index contributed by atoms with van der Waals surface area (Å²) in [7, 11) is 0. The molecule has 0 aromatic rings. The fraction of sp³-hybridized carbons (Fsp3) is 0.929. The van der Waals surface area contributed by atoms with Crippen molar-refractivity contribution in [1.29, 1.82) is 0 Å². The summed E-state index contributed by atoms with van der Waals surface area (Å²) in [5.74, 6) is 0.847. The first kappa shape index (κ1) is 14.5. The van der Waals surface area contributed by atoms with Crippen LogP contribution in [0.1, 0.15) is 60.3 Å². The van der Waals surface area contributed by atoms with Gasteiger partial charge in [-0.2, -0.15) is 0 Å². The summed E-state index contributed by atoms with van der Waals surface area (Å²) in [5, 5.41) is 3.49. The molecule has 3 heteroatoms. The van der Waals surface area contributed by atoms with Gasteiger partial charge in [0.2, 0.25) is 5.91 Å². The van der Waals surface area contributed by atoms with Crippen LogP contribution < -0.4 is 5.32 Å². The normalized spacial score (nSPS) is 26.9. The number of amides is 1. The molecule has 100 valence electrons. The van der Waals surface area contributed by atoms with Crippen LogP contribution in [0.25, 0.3) is 0 Å². The number of carbonyl (C=O) groups is 1. The highest BCUT2D eigenvalue weighted by Crippen LogP contribution is 2.25. The summed E-state index contributed by atoms with van der Waals surface area (Å²) < 4.78 is 0. The zero-order chi connectivity index (χ0) is 13.0. The monoisotopic (exact) mass is 240 g/mol. The summed E-state index contributed by atoms with van der Waals surface area (Å²) in [6.45, 7) is 10.9. The van der Waals surface area contributed by atoms with E-state index in [9.17, 15) is 4.79 Å². The maximum absolute atomic E-state index is 12.4. The van der Waals surface area contributed by atoms with Crippen molar-refractivity contribution in [3.8, 4) is 0 Å².